The van der Waals surface area contributed by atoms with E-state index in [9.17, 15) is 5.11 Å². The molecule has 0 saturated heterocycles. The normalized spacial score (nSPS) is 13.2. The maximum Gasteiger partial charge on any atom is 0.191 e. The highest BCUT2D eigenvalue weighted by Gasteiger charge is 2.22. The van der Waals surface area contributed by atoms with Gasteiger partial charge in [0, 0.05) is 13.1 Å². The molecule has 3 N–H and O–H groups in total. The fraction of sp³-hybridized carbons (Fsp3) is 0.409. The van der Waals surface area contributed by atoms with E-state index < -0.39 is 5.60 Å². The summed E-state index contributed by atoms with van der Waals surface area (Å²) in [5.74, 6) is 1.61. The molecule has 0 radical (unpaired) electrons. The van der Waals surface area contributed by atoms with Crippen molar-refractivity contribution in [2.24, 2.45) is 4.99 Å². The monoisotopic (exact) mass is 497 g/mol. The van der Waals surface area contributed by atoms with Crippen LogP contribution in [0.4, 0.5) is 0 Å². The molecule has 154 valence electrons. The van der Waals surface area contributed by atoms with Crippen LogP contribution < -0.4 is 15.4 Å². The Bertz CT molecular complexity index is 749. The molecule has 0 aromatic heterocycles. The first-order valence-electron chi connectivity index (χ1n) is 9.40. The van der Waals surface area contributed by atoms with Crippen molar-refractivity contribution in [3.05, 3.63) is 65.2 Å². The van der Waals surface area contributed by atoms with E-state index >= 15 is 0 Å². The molecule has 0 amide bonds. The average molecular weight is 497 g/mol. The molecule has 0 aliphatic carbocycles. The number of hydrogen-bond donors (Lipinski definition) is 3. The van der Waals surface area contributed by atoms with Crippen molar-refractivity contribution in [1.82, 2.24) is 10.6 Å². The molecule has 0 heterocycles. The summed E-state index contributed by atoms with van der Waals surface area (Å²) >= 11 is 0. The van der Waals surface area contributed by atoms with Crippen molar-refractivity contribution < 1.29 is 9.84 Å². The Labute approximate surface area is 185 Å². The van der Waals surface area contributed by atoms with Gasteiger partial charge in [0.1, 0.15) is 11.4 Å². The topological polar surface area (TPSA) is 65.9 Å². The zero-order valence-electron chi connectivity index (χ0n) is 17.2. The third-order valence-corrected chi connectivity index (χ3v) is 4.46. The van der Waals surface area contributed by atoms with E-state index in [1.165, 1.54) is 5.56 Å². The molecular formula is C22H32IN3O2. The minimum Gasteiger partial charge on any atom is -0.496 e. The number of rotatable bonds is 8. The molecule has 2 aromatic rings. The second kappa shape index (κ2) is 11.9. The van der Waals surface area contributed by atoms with Gasteiger partial charge in [-0.25, -0.2) is 4.99 Å². The van der Waals surface area contributed by atoms with Gasteiger partial charge in [-0.3, -0.25) is 0 Å². The molecular weight excluding hydrogens is 465 g/mol. The predicted molar refractivity (Wildman–Crippen MR) is 127 cm³/mol. The zero-order chi connectivity index (χ0) is 19.7. The molecule has 1 atom stereocenters. The number of guanidine groups is 1. The lowest BCUT2D eigenvalue weighted by Gasteiger charge is -2.22. The van der Waals surface area contributed by atoms with Crippen LogP contribution in [-0.2, 0) is 12.0 Å². The number of nitrogens with one attached hydrogen (secondary N) is 2. The average Bonchev–Trinajstić information content (AvgIpc) is 2.68. The Balaban J connectivity index is 0.00000392. The SMILES string of the molecule is CCNC(=NCC(C)(O)c1ccccc1)NCCc1ccc(C)c(OC)c1.I. The minimum absolute atomic E-state index is 0. The van der Waals surface area contributed by atoms with Crippen molar-refractivity contribution in [3.63, 3.8) is 0 Å². The van der Waals surface area contributed by atoms with E-state index in [-0.39, 0.29) is 30.5 Å². The number of methoxy groups -OCH3 is 1. The highest BCUT2D eigenvalue weighted by Crippen LogP contribution is 2.20. The Morgan fingerprint density at radius 1 is 1.14 bits per heavy atom. The molecule has 5 nitrogen and oxygen atoms in total. The van der Waals surface area contributed by atoms with Crippen molar-refractivity contribution in [1.29, 1.82) is 0 Å². The number of nitrogens with zero attached hydrogens (tertiary/aromatic N) is 1. The van der Waals surface area contributed by atoms with Gasteiger partial charge in [0.05, 0.1) is 13.7 Å². The summed E-state index contributed by atoms with van der Waals surface area (Å²) in [4.78, 5) is 4.56. The zero-order valence-corrected chi connectivity index (χ0v) is 19.5. The van der Waals surface area contributed by atoms with Gasteiger partial charge in [0.25, 0.3) is 0 Å². The van der Waals surface area contributed by atoms with Gasteiger partial charge < -0.3 is 20.5 Å². The number of aliphatic hydroxyl groups is 1. The number of hydrogen-bond acceptors (Lipinski definition) is 3. The fourth-order valence-electron chi connectivity index (χ4n) is 2.81. The maximum atomic E-state index is 10.7. The van der Waals surface area contributed by atoms with Crippen molar-refractivity contribution >= 4 is 29.9 Å². The van der Waals surface area contributed by atoms with Gasteiger partial charge in [-0.05, 0) is 49.9 Å². The molecule has 28 heavy (non-hydrogen) atoms. The molecule has 0 aliphatic heterocycles. The highest BCUT2D eigenvalue weighted by atomic mass is 127. The van der Waals surface area contributed by atoms with Crippen molar-refractivity contribution in [2.45, 2.75) is 32.8 Å². The summed E-state index contributed by atoms with van der Waals surface area (Å²) in [5.41, 5.74) is 2.19. The molecule has 0 spiro atoms. The van der Waals surface area contributed by atoms with Gasteiger partial charge in [-0.15, -0.1) is 24.0 Å². The van der Waals surface area contributed by atoms with Crippen LogP contribution in [0.2, 0.25) is 0 Å². The summed E-state index contributed by atoms with van der Waals surface area (Å²) in [6.45, 7) is 7.63. The number of halogens is 1. The number of aliphatic imine (C=N–C) groups is 1. The maximum absolute atomic E-state index is 10.7. The van der Waals surface area contributed by atoms with E-state index in [2.05, 4.69) is 33.8 Å². The number of ether oxygens (including phenoxy) is 1. The number of aryl methyl sites for hydroxylation is 1. The quantitative estimate of drug-likeness (QED) is 0.296. The Morgan fingerprint density at radius 3 is 2.50 bits per heavy atom. The molecule has 0 saturated carbocycles. The molecule has 2 rings (SSSR count). The van der Waals surface area contributed by atoms with Crippen LogP contribution in [0.5, 0.6) is 5.75 Å². The van der Waals surface area contributed by atoms with E-state index in [1.807, 2.05) is 44.2 Å². The molecule has 2 aromatic carbocycles. The van der Waals surface area contributed by atoms with Gasteiger partial charge in [-0.2, -0.15) is 0 Å². The van der Waals surface area contributed by atoms with Crippen LogP contribution in [0.3, 0.4) is 0 Å². The predicted octanol–water partition coefficient (Wildman–Crippen LogP) is 3.63. The molecule has 0 fully saturated rings. The summed E-state index contributed by atoms with van der Waals surface area (Å²) in [5, 5.41) is 17.3. The largest absolute Gasteiger partial charge is 0.496 e. The van der Waals surface area contributed by atoms with E-state index in [0.717, 1.165) is 36.4 Å². The fourth-order valence-corrected chi connectivity index (χ4v) is 2.81. The Kier molecular flexibility index (Phi) is 10.3. The summed E-state index contributed by atoms with van der Waals surface area (Å²) in [6, 6.07) is 15.9. The second-order valence-electron chi connectivity index (χ2n) is 6.82. The first-order valence-corrected chi connectivity index (χ1v) is 9.40. The third kappa shape index (κ3) is 7.31. The highest BCUT2D eigenvalue weighted by molar-refractivity contribution is 14.0. The first-order chi connectivity index (χ1) is 13.0. The lowest BCUT2D eigenvalue weighted by molar-refractivity contribution is 0.0672. The van der Waals surface area contributed by atoms with Crippen LogP contribution in [0.25, 0.3) is 0 Å². The van der Waals surface area contributed by atoms with Crippen molar-refractivity contribution in [2.75, 3.05) is 26.7 Å². The van der Waals surface area contributed by atoms with Crippen molar-refractivity contribution in [3.8, 4) is 5.75 Å². The summed E-state index contributed by atoms with van der Waals surface area (Å²) in [6.07, 6.45) is 0.857. The molecule has 0 bridgehead atoms. The minimum atomic E-state index is -1.01. The first kappa shape index (κ1) is 24.2. The smallest absolute Gasteiger partial charge is 0.191 e. The summed E-state index contributed by atoms with van der Waals surface area (Å²) in [7, 11) is 1.69. The van der Waals surface area contributed by atoms with Crippen LogP contribution in [0, 0.1) is 6.92 Å². The van der Waals surface area contributed by atoms with E-state index in [4.69, 9.17) is 4.74 Å². The van der Waals surface area contributed by atoms with Gasteiger partial charge in [-0.1, -0.05) is 42.5 Å². The van der Waals surface area contributed by atoms with Crippen LogP contribution in [-0.4, -0.2) is 37.8 Å². The third-order valence-electron chi connectivity index (χ3n) is 4.46. The van der Waals surface area contributed by atoms with Crippen LogP contribution in [0.1, 0.15) is 30.5 Å². The second-order valence-corrected chi connectivity index (χ2v) is 6.82. The molecule has 6 heteroatoms. The van der Waals surface area contributed by atoms with E-state index in [0.29, 0.717) is 5.96 Å². The number of benzene rings is 2. The van der Waals surface area contributed by atoms with Crippen LogP contribution in [0.15, 0.2) is 53.5 Å². The Hall–Kier alpha value is -1.80. The standard InChI is InChI=1S/C22H31N3O2.HI/c1-5-23-21(25-16-22(3,26)19-9-7-6-8-10-19)24-14-13-18-12-11-17(2)20(15-18)27-4;/h6-12,15,26H,5,13-14,16H2,1-4H3,(H2,23,24,25);1H. The van der Waals surface area contributed by atoms with Gasteiger partial charge >= 0.3 is 0 Å². The van der Waals surface area contributed by atoms with Crippen LogP contribution >= 0.6 is 24.0 Å². The lowest BCUT2D eigenvalue weighted by Crippen LogP contribution is -2.39. The Morgan fingerprint density at radius 2 is 1.86 bits per heavy atom. The summed E-state index contributed by atoms with van der Waals surface area (Å²) < 4.78 is 5.39. The van der Waals surface area contributed by atoms with E-state index in [1.54, 1.807) is 14.0 Å². The molecule has 1 unspecified atom stereocenters. The lowest BCUT2D eigenvalue weighted by atomic mass is 9.96. The molecule has 0 aliphatic rings. The van der Waals surface area contributed by atoms with Gasteiger partial charge in [0.2, 0.25) is 0 Å². The van der Waals surface area contributed by atoms with Gasteiger partial charge in [0.15, 0.2) is 5.96 Å².